The van der Waals surface area contributed by atoms with Crippen molar-refractivity contribution in [2.45, 2.75) is 26.5 Å². The number of nitrogens with zero attached hydrogens (tertiary/aromatic N) is 2. The Hall–Kier alpha value is -3.32. The Morgan fingerprint density at radius 3 is 2.45 bits per heavy atom. The number of amides is 1. The van der Waals surface area contributed by atoms with E-state index in [-0.39, 0.29) is 24.1 Å². The zero-order valence-electron chi connectivity index (χ0n) is 17.0. The van der Waals surface area contributed by atoms with Gasteiger partial charge in [-0.25, -0.2) is 13.8 Å². The van der Waals surface area contributed by atoms with Crippen molar-refractivity contribution in [3.8, 4) is 5.75 Å². The van der Waals surface area contributed by atoms with Crippen LogP contribution in [-0.4, -0.2) is 17.0 Å². The van der Waals surface area contributed by atoms with Crippen LogP contribution in [0, 0.1) is 11.6 Å². The average Bonchev–Trinajstić information content (AvgIpc) is 3.16. The first-order chi connectivity index (χ1) is 14.9. The third-order valence-corrected chi connectivity index (χ3v) is 5.56. The molecule has 31 heavy (non-hydrogen) atoms. The predicted octanol–water partition coefficient (Wildman–Crippen LogP) is 6.21. The van der Waals surface area contributed by atoms with E-state index in [1.165, 1.54) is 11.0 Å². The van der Waals surface area contributed by atoms with Crippen molar-refractivity contribution < 1.29 is 18.3 Å². The second kappa shape index (κ2) is 8.81. The number of halogens is 2. The predicted molar refractivity (Wildman–Crippen MR) is 119 cm³/mol. The molecule has 0 fully saturated rings. The number of anilines is 1. The van der Waals surface area contributed by atoms with Crippen LogP contribution in [0.25, 0.3) is 10.2 Å². The second-order valence-electron chi connectivity index (χ2n) is 7.30. The molecule has 4 aromatic rings. The fourth-order valence-electron chi connectivity index (χ4n) is 3.16. The van der Waals surface area contributed by atoms with Gasteiger partial charge in [-0.3, -0.25) is 9.69 Å². The molecule has 4 nitrogen and oxygen atoms in total. The Kier molecular flexibility index (Phi) is 5.95. The van der Waals surface area contributed by atoms with Crippen LogP contribution >= 0.6 is 11.3 Å². The Morgan fingerprint density at radius 1 is 1.06 bits per heavy atom. The molecule has 0 atom stereocenters. The maximum Gasteiger partial charge on any atom is 0.260 e. The number of benzene rings is 3. The summed E-state index contributed by atoms with van der Waals surface area (Å²) < 4.78 is 33.9. The van der Waals surface area contributed by atoms with Gasteiger partial charge in [0.1, 0.15) is 17.1 Å². The SMILES string of the molecule is CC(C)Oc1ccc(C(=O)N(Cc2ccccc2)c2nc3c(F)cc(F)cc3s2)cc1. The molecule has 0 N–H and O–H groups in total. The lowest BCUT2D eigenvalue weighted by Crippen LogP contribution is -2.30. The van der Waals surface area contributed by atoms with Gasteiger partial charge in [0.25, 0.3) is 5.91 Å². The molecular formula is C24H20F2N2O2S. The topological polar surface area (TPSA) is 42.4 Å². The van der Waals surface area contributed by atoms with Gasteiger partial charge in [-0.05, 0) is 49.7 Å². The fourth-order valence-corrected chi connectivity index (χ4v) is 4.16. The van der Waals surface area contributed by atoms with Gasteiger partial charge >= 0.3 is 0 Å². The van der Waals surface area contributed by atoms with Crippen LogP contribution in [0.2, 0.25) is 0 Å². The normalized spacial score (nSPS) is 11.1. The van der Waals surface area contributed by atoms with Crippen LogP contribution in [0.15, 0.2) is 66.7 Å². The molecule has 0 bridgehead atoms. The first-order valence-electron chi connectivity index (χ1n) is 9.79. The standard InChI is InChI=1S/C24H20F2N2O2S/c1-15(2)30-19-10-8-17(9-11-19)23(29)28(14-16-6-4-3-5-7-16)24-27-22-20(26)12-18(25)13-21(22)31-24/h3-13,15H,14H2,1-2H3. The summed E-state index contributed by atoms with van der Waals surface area (Å²) in [7, 11) is 0. The van der Waals surface area contributed by atoms with Crippen molar-refractivity contribution in [3.05, 3.63) is 89.5 Å². The summed E-state index contributed by atoms with van der Waals surface area (Å²) in [5.41, 5.74) is 1.38. The van der Waals surface area contributed by atoms with E-state index in [0.29, 0.717) is 21.1 Å². The molecule has 1 aromatic heterocycles. The Balaban J connectivity index is 1.72. The van der Waals surface area contributed by atoms with E-state index in [4.69, 9.17) is 4.74 Å². The van der Waals surface area contributed by atoms with E-state index in [0.717, 1.165) is 23.0 Å². The van der Waals surface area contributed by atoms with Crippen LogP contribution in [0.1, 0.15) is 29.8 Å². The molecule has 0 radical (unpaired) electrons. The lowest BCUT2D eigenvalue weighted by atomic mass is 10.1. The van der Waals surface area contributed by atoms with E-state index in [2.05, 4.69) is 4.98 Å². The molecule has 3 aromatic carbocycles. The average molecular weight is 438 g/mol. The van der Waals surface area contributed by atoms with E-state index in [1.807, 2.05) is 44.2 Å². The zero-order valence-corrected chi connectivity index (χ0v) is 17.8. The minimum atomic E-state index is -0.750. The lowest BCUT2D eigenvalue weighted by molar-refractivity contribution is 0.0985. The molecule has 0 aliphatic rings. The first-order valence-corrected chi connectivity index (χ1v) is 10.6. The van der Waals surface area contributed by atoms with Gasteiger partial charge in [0.05, 0.1) is 17.3 Å². The van der Waals surface area contributed by atoms with Crippen LogP contribution < -0.4 is 9.64 Å². The zero-order chi connectivity index (χ0) is 22.0. The summed E-state index contributed by atoms with van der Waals surface area (Å²) in [6.07, 6.45) is 0.0224. The third-order valence-electron chi connectivity index (χ3n) is 4.53. The number of aromatic nitrogens is 1. The van der Waals surface area contributed by atoms with E-state index in [9.17, 15) is 13.6 Å². The van der Waals surface area contributed by atoms with Gasteiger partial charge in [-0.1, -0.05) is 41.7 Å². The highest BCUT2D eigenvalue weighted by Gasteiger charge is 2.23. The largest absolute Gasteiger partial charge is 0.491 e. The van der Waals surface area contributed by atoms with Gasteiger partial charge in [0, 0.05) is 11.6 Å². The fraction of sp³-hybridized carbons (Fsp3) is 0.167. The number of ether oxygens (including phenoxy) is 1. The summed E-state index contributed by atoms with van der Waals surface area (Å²) in [5, 5.41) is 0.302. The smallest absolute Gasteiger partial charge is 0.260 e. The number of carbonyl (C=O) groups is 1. The molecule has 1 heterocycles. The highest BCUT2D eigenvalue weighted by atomic mass is 32.1. The molecule has 158 valence electrons. The molecular weight excluding hydrogens is 418 g/mol. The van der Waals surface area contributed by atoms with E-state index in [1.54, 1.807) is 24.3 Å². The quantitative estimate of drug-likeness (QED) is 0.359. The summed E-state index contributed by atoms with van der Waals surface area (Å²) in [6, 6.07) is 18.3. The van der Waals surface area contributed by atoms with E-state index < -0.39 is 11.6 Å². The molecule has 7 heteroatoms. The molecule has 0 aliphatic heterocycles. The minimum absolute atomic E-state index is 0.0224. The number of thiazole rings is 1. The van der Waals surface area contributed by atoms with Crippen LogP contribution in [0.5, 0.6) is 5.75 Å². The van der Waals surface area contributed by atoms with Gasteiger partial charge in [0.15, 0.2) is 10.9 Å². The lowest BCUT2D eigenvalue weighted by Gasteiger charge is -2.20. The van der Waals surface area contributed by atoms with E-state index >= 15 is 0 Å². The number of hydrogen-bond acceptors (Lipinski definition) is 4. The maximum absolute atomic E-state index is 14.2. The highest BCUT2D eigenvalue weighted by molar-refractivity contribution is 7.22. The van der Waals surface area contributed by atoms with Crippen molar-refractivity contribution in [2.24, 2.45) is 0 Å². The number of fused-ring (bicyclic) bond motifs is 1. The first kappa shape index (κ1) is 20.9. The van der Waals surface area contributed by atoms with Crippen molar-refractivity contribution in [1.82, 2.24) is 4.98 Å². The molecule has 0 unspecified atom stereocenters. The van der Waals surface area contributed by atoms with Gasteiger partial charge in [-0.15, -0.1) is 0 Å². The summed E-state index contributed by atoms with van der Waals surface area (Å²) >= 11 is 1.08. The number of hydrogen-bond donors (Lipinski definition) is 0. The van der Waals surface area contributed by atoms with Crippen molar-refractivity contribution >= 4 is 32.6 Å². The molecule has 0 spiro atoms. The molecule has 1 amide bonds. The Morgan fingerprint density at radius 2 is 1.77 bits per heavy atom. The van der Waals surface area contributed by atoms with Crippen LogP contribution in [-0.2, 0) is 6.54 Å². The number of carbonyl (C=O) groups excluding carboxylic acids is 1. The van der Waals surface area contributed by atoms with Crippen LogP contribution in [0.3, 0.4) is 0 Å². The Bertz CT molecular complexity index is 1210. The van der Waals surface area contributed by atoms with Gasteiger partial charge < -0.3 is 4.74 Å². The maximum atomic E-state index is 14.2. The minimum Gasteiger partial charge on any atom is -0.491 e. The molecule has 0 saturated carbocycles. The van der Waals surface area contributed by atoms with Gasteiger partial charge in [-0.2, -0.15) is 0 Å². The highest BCUT2D eigenvalue weighted by Crippen LogP contribution is 2.33. The van der Waals surface area contributed by atoms with Crippen molar-refractivity contribution in [3.63, 3.8) is 0 Å². The van der Waals surface area contributed by atoms with Crippen molar-refractivity contribution in [1.29, 1.82) is 0 Å². The molecule has 0 aliphatic carbocycles. The third kappa shape index (κ3) is 4.72. The Labute approximate surface area is 182 Å². The van der Waals surface area contributed by atoms with Crippen LogP contribution in [0.4, 0.5) is 13.9 Å². The van der Waals surface area contributed by atoms with Gasteiger partial charge in [0.2, 0.25) is 0 Å². The number of rotatable bonds is 6. The summed E-state index contributed by atoms with van der Waals surface area (Å²) in [6.45, 7) is 4.10. The summed E-state index contributed by atoms with van der Waals surface area (Å²) in [5.74, 6) is -1.06. The monoisotopic (exact) mass is 438 g/mol. The molecule has 4 rings (SSSR count). The molecule has 0 saturated heterocycles. The summed E-state index contributed by atoms with van der Waals surface area (Å²) in [4.78, 5) is 19.2. The van der Waals surface area contributed by atoms with Crippen molar-refractivity contribution in [2.75, 3.05) is 4.90 Å². The second-order valence-corrected chi connectivity index (χ2v) is 8.31.